The highest BCUT2D eigenvalue weighted by molar-refractivity contribution is 7.26. The Morgan fingerprint density at radius 2 is 0.828 bits per heavy atom. The standard InChI is InChI=1S/C62H41NS/c1-61(2)50-27-13-8-20-41(50)45-34-32-39(36-54(45)61)63(59-57(38-18-4-3-5-19-38)47-24-6-7-25-48(47)60-58(59)49-26-12-17-31-56(49)64-60)40-33-35-46-44-23-11-16-30-53(44)62(55(46)37-40)51-28-14-9-21-42(51)43-22-10-15-29-52(43)62/h3-37H,1-2H3. The third-order valence-corrected chi connectivity index (χ3v) is 16.1. The summed E-state index contributed by atoms with van der Waals surface area (Å²) in [4.78, 5) is 2.64. The van der Waals surface area contributed by atoms with Gasteiger partial charge in [0.15, 0.2) is 0 Å². The number of hydrogen-bond acceptors (Lipinski definition) is 2. The van der Waals surface area contributed by atoms with Crippen LogP contribution in [0.4, 0.5) is 17.1 Å². The fourth-order valence-electron chi connectivity index (χ4n) is 12.2. The minimum Gasteiger partial charge on any atom is -0.309 e. The molecule has 0 bridgehead atoms. The van der Waals surface area contributed by atoms with Gasteiger partial charge in [0, 0.05) is 47.9 Å². The lowest BCUT2D eigenvalue weighted by Gasteiger charge is -2.34. The van der Waals surface area contributed by atoms with E-state index in [1.165, 1.54) is 115 Å². The topological polar surface area (TPSA) is 3.24 Å². The molecule has 11 aromatic rings. The van der Waals surface area contributed by atoms with E-state index >= 15 is 0 Å². The van der Waals surface area contributed by atoms with Crippen LogP contribution in [-0.4, -0.2) is 0 Å². The number of benzene rings is 10. The molecule has 0 fully saturated rings. The molecule has 0 radical (unpaired) electrons. The first kappa shape index (κ1) is 36.0. The number of hydrogen-bond donors (Lipinski definition) is 0. The lowest BCUT2D eigenvalue weighted by molar-refractivity contribution is 0.660. The summed E-state index contributed by atoms with van der Waals surface area (Å²) < 4.78 is 2.61. The van der Waals surface area contributed by atoms with E-state index in [-0.39, 0.29) is 5.41 Å². The highest BCUT2D eigenvalue weighted by Crippen LogP contribution is 2.64. The van der Waals surface area contributed by atoms with Crippen LogP contribution < -0.4 is 4.90 Å². The summed E-state index contributed by atoms with van der Waals surface area (Å²) in [5.74, 6) is 0. The summed E-state index contributed by atoms with van der Waals surface area (Å²) in [7, 11) is 0. The molecule has 3 aliphatic carbocycles. The molecule has 14 rings (SSSR count). The van der Waals surface area contributed by atoms with E-state index in [2.05, 4.69) is 231 Å². The average Bonchev–Trinajstić information content (AvgIpc) is 4.04. The Bertz CT molecular complexity index is 3710. The first-order valence-electron chi connectivity index (χ1n) is 22.4. The van der Waals surface area contributed by atoms with Gasteiger partial charge >= 0.3 is 0 Å². The van der Waals surface area contributed by atoms with Crippen LogP contribution in [0.15, 0.2) is 212 Å². The summed E-state index contributed by atoms with van der Waals surface area (Å²) in [5.41, 5.74) is 21.3. The maximum Gasteiger partial charge on any atom is 0.0726 e. The molecule has 1 nitrogen and oxygen atoms in total. The van der Waals surface area contributed by atoms with Gasteiger partial charge in [-0.25, -0.2) is 0 Å². The van der Waals surface area contributed by atoms with Crippen molar-refractivity contribution in [3.8, 4) is 44.5 Å². The molecule has 0 atom stereocenters. The summed E-state index contributed by atoms with van der Waals surface area (Å²) in [6, 6.07) is 80.3. The van der Waals surface area contributed by atoms with Crippen LogP contribution in [0.3, 0.4) is 0 Å². The van der Waals surface area contributed by atoms with E-state index in [0.29, 0.717) is 0 Å². The summed E-state index contributed by atoms with van der Waals surface area (Å²) in [6.07, 6.45) is 0. The molecule has 0 amide bonds. The smallest absolute Gasteiger partial charge is 0.0726 e. The van der Waals surface area contributed by atoms with Gasteiger partial charge in [-0.1, -0.05) is 196 Å². The van der Waals surface area contributed by atoms with Crippen molar-refractivity contribution in [2.45, 2.75) is 24.7 Å². The minimum atomic E-state index is -0.474. The molecule has 3 aliphatic rings. The zero-order valence-electron chi connectivity index (χ0n) is 35.6. The lowest BCUT2D eigenvalue weighted by Crippen LogP contribution is -2.26. The third-order valence-electron chi connectivity index (χ3n) is 14.9. The molecule has 1 heterocycles. The van der Waals surface area contributed by atoms with E-state index in [1.807, 2.05) is 11.3 Å². The molecule has 1 aromatic heterocycles. The SMILES string of the molecule is CC1(C)c2ccccc2-c2ccc(N(c3ccc4c(c3)C3(c5ccccc5-c5ccccc53)c3ccccc3-4)c3c(-c4ccccc4)c4ccccc4c4sc5ccccc5c34)cc21. The van der Waals surface area contributed by atoms with Gasteiger partial charge < -0.3 is 4.90 Å². The third kappa shape index (κ3) is 4.58. The van der Waals surface area contributed by atoms with Gasteiger partial charge in [0.2, 0.25) is 0 Å². The molecule has 300 valence electrons. The second kappa shape index (κ2) is 13.0. The molecule has 64 heavy (non-hydrogen) atoms. The van der Waals surface area contributed by atoms with Gasteiger partial charge in [0.05, 0.1) is 11.1 Å². The van der Waals surface area contributed by atoms with Crippen LogP contribution in [0.5, 0.6) is 0 Å². The maximum absolute atomic E-state index is 2.64. The molecule has 1 spiro atoms. The second-order valence-electron chi connectivity index (χ2n) is 18.3. The predicted octanol–water partition coefficient (Wildman–Crippen LogP) is 17.0. The zero-order chi connectivity index (χ0) is 42.3. The zero-order valence-corrected chi connectivity index (χ0v) is 36.4. The number of anilines is 3. The van der Waals surface area contributed by atoms with E-state index in [1.54, 1.807) is 0 Å². The van der Waals surface area contributed by atoms with Crippen molar-refractivity contribution in [3.05, 3.63) is 246 Å². The predicted molar refractivity (Wildman–Crippen MR) is 271 cm³/mol. The summed E-state index contributed by atoms with van der Waals surface area (Å²) in [5, 5.41) is 5.11. The lowest BCUT2D eigenvalue weighted by atomic mass is 9.70. The quantitative estimate of drug-likeness (QED) is 0.171. The number of rotatable bonds is 4. The molecule has 10 aromatic carbocycles. The van der Waals surface area contributed by atoms with Gasteiger partial charge in [0.1, 0.15) is 0 Å². The molecular formula is C62H41NS. The van der Waals surface area contributed by atoms with Gasteiger partial charge in [-0.05, 0) is 108 Å². The van der Waals surface area contributed by atoms with Crippen molar-refractivity contribution in [2.24, 2.45) is 0 Å². The molecule has 2 heteroatoms. The Morgan fingerprint density at radius 3 is 1.45 bits per heavy atom. The minimum absolute atomic E-state index is 0.176. The van der Waals surface area contributed by atoms with Gasteiger partial charge in [-0.2, -0.15) is 0 Å². The average molecular weight is 832 g/mol. The van der Waals surface area contributed by atoms with Crippen LogP contribution in [0.25, 0.3) is 75.5 Å². The molecule has 0 aliphatic heterocycles. The second-order valence-corrected chi connectivity index (χ2v) is 19.3. The van der Waals surface area contributed by atoms with Crippen LogP contribution in [0.2, 0.25) is 0 Å². The largest absolute Gasteiger partial charge is 0.309 e. The van der Waals surface area contributed by atoms with Crippen LogP contribution in [0, 0.1) is 0 Å². The molecule has 0 saturated carbocycles. The van der Waals surface area contributed by atoms with Crippen molar-refractivity contribution in [3.63, 3.8) is 0 Å². The van der Waals surface area contributed by atoms with Gasteiger partial charge in [-0.15, -0.1) is 11.3 Å². The Morgan fingerprint density at radius 1 is 0.375 bits per heavy atom. The van der Waals surface area contributed by atoms with E-state index in [4.69, 9.17) is 0 Å². The first-order chi connectivity index (χ1) is 31.5. The highest BCUT2D eigenvalue weighted by Gasteiger charge is 2.51. The first-order valence-corrected chi connectivity index (χ1v) is 23.2. The molecule has 0 unspecified atom stereocenters. The summed E-state index contributed by atoms with van der Waals surface area (Å²) in [6.45, 7) is 4.79. The Balaban J connectivity index is 1.15. The van der Waals surface area contributed by atoms with E-state index in [9.17, 15) is 0 Å². The fourth-order valence-corrected chi connectivity index (χ4v) is 13.4. The number of nitrogens with zero attached hydrogens (tertiary/aromatic N) is 1. The van der Waals surface area contributed by atoms with Crippen LogP contribution in [-0.2, 0) is 10.8 Å². The van der Waals surface area contributed by atoms with Crippen LogP contribution in [0.1, 0.15) is 47.2 Å². The number of thiophene rings is 1. The Hall–Kier alpha value is -7.52. The van der Waals surface area contributed by atoms with Crippen molar-refractivity contribution in [1.29, 1.82) is 0 Å². The molecular weight excluding hydrogens is 791 g/mol. The highest BCUT2D eigenvalue weighted by atomic mass is 32.1. The van der Waals surface area contributed by atoms with Gasteiger partial charge in [0.25, 0.3) is 0 Å². The normalized spacial score (nSPS) is 14.3. The maximum atomic E-state index is 2.64. The van der Waals surface area contributed by atoms with Crippen molar-refractivity contribution < 1.29 is 0 Å². The Labute approximate surface area is 377 Å². The van der Waals surface area contributed by atoms with Crippen molar-refractivity contribution >= 4 is 59.3 Å². The monoisotopic (exact) mass is 831 g/mol. The fraction of sp³-hybridized carbons (Fsp3) is 0.0645. The van der Waals surface area contributed by atoms with Crippen molar-refractivity contribution in [1.82, 2.24) is 0 Å². The molecule has 0 N–H and O–H groups in total. The molecule has 0 saturated heterocycles. The van der Waals surface area contributed by atoms with E-state index in [0.717, 1.165) is 11.4 Å². The van der Waals surface area contributed by atoms with E-state index < -0.39 is 5.41 Å². The van der Waals surface area contributed by atoms with Crippen LogP contribution >= 0.6 is 11.3 Å². The summed E-state index contributed by atoms with van der Waals surface area (Å²) >= 11 is 1.91. The van der Waals surface area contributed by atoms with Gasteiger partial charge in [-0.3, -0.25) is 0 Å². The number of fused-ring (bicyclic) bond motifs is 18. The Kier molecular flexibility index (Phi) is 7.32. The van der Waals surface area contributed by atoms with Crippen molar-refractivity contribution in [2.75, 3.05) is 4.90 Å².